The van der Waals surface area contributed by atoms with Gasteiger partial charge in [0.05, 0.1) is 17.8 Å². The molecule has 2 aromatic carbocycles. The average molecular weight is 376 g/mol. The maximum atomic E-state index is 12.2. The topological polar surface area (TPSA) is 74.1 Å². The average Bonchev–Trinajstić information content (AvgIpc) is 2.62. The van der Waals surface area contributed by atoms with Crippen molar-refractivity contribution in [1.29, 1.82) is 5.26 Å². The van der Waals surface area contributed by atoms with Crippen LogP contribution in [0.15, 0.2) is 54.2 Å². The molecule has 0 aromatic heterocycles. The Kier molecular flexibility index (Phi) is 6.70. The van der Waals surface area contributed by atoms with Crippen LogP contribution in [0.5, 0.6) is 5.75 Å². The van der Waals surface area contributed by atoms with Crippen molar-refractivity contribution in [3.05, 3.63) is 69.8 Å². The fraction of sp³-hybridized carbons (Fsp3) is 0.111. The molecule has 0 radical (unpaired) electrons. The summed E-state index contributed by atoms with van der Waals surface area (Å²) in [5.74, 6) is 0.155. The Labute approximate surface area is 155 Å². The van der Waals surface area contributed by atoms with Gasteiger partial charge in [-0.3, -0.25) is 4.79 Å². The second kappa shape index (κ2) is 8.97. The van der Waals surface area contributed by atoms with E-state index in [9.17, 15) is 10.1 Å². The third-order valence-electron chi connectivity index (χ3n) is 3.23. The van der Waals surface area contributed by atoms with E-state index < -0.39 is 5.91 Å². The number of anilines is 1. The molecule has 0 fully saturated rings. The first kappa shape index (κ1) is 18.7. The molecule has 2 N–H and O–H groups in total. The van der Waals surface area contributed by atoms with Gasteiger partial charge in [-0.05, 0) is 35.9 Å². The molecule has 7 heteroatoms. The number of hydrogen-bond donors (Lipinski definition) is 2. The zero-order valence-electron chi connectivity index (χ0n) is 13.3. The molecular weight excluding hydrogens is 361 g/mol. The van der Waals surface area contributed by atoms with Crippen LogP contribution in [0.25, 0.3) is 0 Å². The van der Waals surface area contributed by atoms with Crippen molar-refractivity contribution in [3.63, 3.8) is 0 Å². The SMILES string of the molecule is COc1cccc(CN/C=C(/C#N)C(=O)Nc2cc(Cl)ccc2Cl)c1. The summed E-state index contributed by atoms with van der Waals surface area (Å²) < 4.78 is 5.15. The van der Waals surface area contributed by atoms with Gasteiger partial charge in [-0.1, -0.05) is 35.3 Å². The van der Waals surface area contributed by atoms with Crippen LogP contribution in [0, 0.1) is 11.3 Å². The smallest absolute Gasteiger partial charge is 0.267 e. The van der Waals surface area contributed by atoms with Gasteiger partial charge in [0.15, 0.2) is 0 Å². The summed E-state index contributed by atoms with van der Waals surface area (Å²) in [5.41, 5.74) is 1.21. The summed E-state index contributed by atoms with van der Waals surface area (Å²) in [7, 11) is 1.59. The van der Waals surface area contributed by atoms with E-state index >= 15 is 0 Å². The third-order valence-corrected chi connectivity index (χ3v) is 3.79. The largest absolute Gasteiger partial charge is 0.497 e. The number of nitrogens with one attached hydrogen (secondary N) is 2. The van der Waals surface area contributed by atoms with E-state index in [0.29, 0.717) is 22.3 Å². The molecule has 0 spiro atoms. The van der Waals surface area contributed by atoms with Crippen molar-refractivity contribution in [1.82, 2.24) is 5.32 Å². The molecule has 0 saturated heterocycles. The molecular formula is C18H15Cl2N3O2. The van der Waals surface area contributed by atoms with Crippen molar-refractivity contribution in [2.24, 2.45) is 0 Å². The number of amides is 1. The highest BCUT2D eigenvalue weighted by Gasteiger charge is 2.11. The lowest BCUT2D eigenvalue weighted by molar-refractivity contribution is -0.112. The Morgan fingerprint density at radius 1 is 1.28 bits per heavy atom. The summed E-state index contributed by atoms with van der Waals surface area (Å²) >= 11 is 11.9. The van der Waals surface area contributed by atoms with Gasteiger partial charge >= 0.3 is 0 Å². The van der Waals surface area contributed by atoms with Crippen molar-refractivity contribution < 1.29 is 9.53 Å². The normalized spacial score (nSPS) is 10.7. The second-order valence-corrected chi connectivity index (χ2v) is 5.82. The molecule has 1 amide bonds. The van der Waals surface area contributed by atoms with Crippen LogP contribution in [0.3, 0.4) is 0 Å². The number of nitriles is 1. The van der Waals surface area contributed by atoms with Gasteiger partial charge in [-0.25, -0.2) is 0 Å². The molecule has 0 unspecified atom stereocenters. The van der Waals surface area contributed by atoms with Gasteiger partial charge in [0.2, 0.25) is 0 Å². The number of benzene rings is 2. The minimum Gasteiger partial charge on any atom is -0.497 e. The Morgan fingerprint density at radius 3 is 2.80 bits per heavy atom. The van der Waals surface area contributed by atoms with Crippen LogP contribution < -0.4 is 15.4 Å². The van der Waals surface area contributed by atoms with Gasteiger partial charge in [0, 0.05) is 17.8 Å². The number of halogens is 2. The van der Waals surface area contributed by atoms with Gasteiger partial charge < -0.3 is 15.4 Å². The molecule has 128 valence electrons. The number of carbonyl (C=O) groups is 1. The standard InChI is InChI=1S/C18H15Cl2N3O2/c1-25-15-4-2-3-12(7-15)10-22-11-13(9-21)18(24)23-17-8-14(19)5-6-16(17)20/h2-8,11,22H,10H2,1H3,(H,23,24)/b13-11-. The van der Waals surface area contributed by atoms with Crippen LogP contribution in [-0.2, 0) is 11.3 Å². The van der Waals surface area contributed by atoms with Gasteiger partial charge in [0.1, 0.15) is 17.4 Å². The molecule has 2 rings (SSSR count). The molecule has 0 aliphatic carbocycles. The van der Waals surface area contributed by atoms with Crippen molar-refractivity contribution in [2.75, 3.05) is 12.4 Å². The lowest BCUT2D eigenvalue weighted by Crippen LogP contribution is -2.17. The molecule has 0 aliphatic rings. The first-order chi connectivity index (χ1) is 12.0. The monoisotopic (exact) mass is 375 g/mol. The Balaban J connectivity index is 2.02. The predicted molar refractivity (Wildman–Crippen MR) is 98.6 cm³/mol. The summed E-state index contributed by atoms with van der Waals surface area (Å²) in [6.45, 7) is 0.438. The number of carbonyl (C=O) groups excluding carboxylic acids is 1. The summed E-state index contributed by atoms with van der Waals surface area (Å²) in [4.78, 5) is 12.2. The number of ether oxygens (including phenoxy) is 1. The molecule has 0 atom stereocenters. The molecule has 25 heavy (non-hydrogen) atoms. The van der Waals surface area contributed by atoms with E-state index in [2.05, 4.69) is 10.6 Å². The Bertz CT molecular complexity index is 844. The van der Waals surface area contributed by atoms with Crippen LogP contribution in [0.4, 0.5) is 5.69 Å². The molecule has 0 bridgehead atoms. The highest BCUT2D eigenvalue weighted by atomic mass is 35.5. The second-order valence-electron chi connectivity index (χ2n) is 4.98. The van der Waals surface area contributed by atoms with E-state index in [1.165, 1.54) is 12.3 Å². The number of nitrogens with zero attached hydrogens (tertiary/aromatic N) is 1. The van der Waals surface area contributed by atoms with Crippen molar-refractivity contribution >= 4 is 34.8 Å². The summed E-state index contributed by atoms with van der Waals surface area (Å²) in [5, 5.41) is 15.4. The fourth-order valence-corrected chi connectivity index (χ4v) is 2.32. The van der Waals surface area contributed by atoms with Crippen molar-refractivity contribution in [3.8, 4) is 11.8 Å². The fourth-order valence-electron chi connectivity index (χ4n) is 1.98. The van der Waals surface area contributed by atoms with E-state index in [-0.39, 0.29) is 5.57 Å². The Morgan fingerprint density at radius 2 is 2.08 bits per heavy atom. The van der Waals surface area contributed by atoms with E-state index in [4.69, 9.17) is 27.9 Å². The highest BCUT2D eigenvalue weighted by molar-refractivity contribution is 6.35. The van der Waals surface area contributed by atoms with Crippen LogP contribution >= 0.6 is 23.2 Å². The summed E-state index contributed by atoms with van der Waals surface area (Å²) in [6.07, 6.45) is 1.35. The number of methoxy groups -OCH3 is 1. The van der Waals surface area contributed by atoms with E-state index in [0.717, 1.165) is 11.3 Å². The molecule has 0 heterocycles. The van der Waals surface area contributed by atoms with Gasteiger partial charge in [-0.2, -0.15) is 5.26 Å². The van der Waals surface area contributed by atoms with Gasteiger partial charge in [-0.15, -0.1) is 0 Å². The summed E-state index contributed by atoms with van der Waals surface area (Å²) in [6, 6.07) is 14.0. The molecule has 2 aromatic rings. The van der Waals surface area contributed by atoms with Crippen LogP contribution in [-0.4, -0.2) is 13.0 Å². The molecule has 0 aliphatic heterocycles. The van der Waals surface area contributed by atoms with E-state index in [1.54, 1.807) is 19.2 Å². The lowest BCUT2D eigenvalue weighted by atomic mass is 10.2. The predicted octanol–water partition coefficient (Wildman–Crippen LogP) is 4.14. The minimum atomic E-state index is -0.579. The first-order valence-electron chi connectivity index (χ1n) is 7.26. The number of rotatable bonds is 6. The molecule has 0 saturated carbocycles. The highest BCUT2D eigenvalue weighted by Crippen LogP contribution is 2.25. The zero-order chi connectivity index (χ0) is 18.2. The van der Waals surface area contributed by atoms with Crippen LogP contribution in [0.2, 0.25) is 10.0 Å². The first-order valence-corrected chi connectivity index (χ1v) is 8.02. The molecule has 5 nitrogen and oxygen atoms in total. The number of hydrogen-bond acceptors (Lipinski definition) is 4. The quantitative estimate of drug-likeness (QED) is 0.587. The van der Waals surface area contributed by atoms with Crippen molar-refractivity contribution in [2.45, 2.75) is 6.54 Å². The maximum absolute atomic E-state index is 12.2. The van der Waals surface area contributed by atoms with E-state index in [1.807, 2.05) is 30.3 Å². The Hall–Kier alpha value is -2.68. The maximum Gasteiger partial charge on any atom is 0.267 e. The zero-order valence-corrected chi connectivity index (χ0v) is 14.9. The van der Waals surface area contributed by atoms with Gasteiger partial charge in [0.25, 0.3) is 5.91 Å². The third kappa shape index (κ3) is 5.42. The lowest BCUT2D eigenvalue weighted by Gasteiger charge is -2.08. The van der Waals surface area contributed by atoms with Crippen LogP contribution in [0.1, 0.15) is 5.56 Å². The minimum absolute atomic E-state index is 0.0843.